The van der Waals surface area contributed by atoms with Crippen molar-refractivity contribution in [2.45, 2.75) is 39.0 Å². The predicted octanol–water partition coefficient (Wildman–Crippen LogP) is 2.69. The van der Waals surface area contributed by atoms with Crippen molar-refractivity contribution in [2.24, 2.45) is 0 Å². The fourth-order valence-corrected chi connectivity index (χ4v) is 2.16. The zero-order valence-corrected chi connectivity index (χ0v) is 10.2. The van der Waals surface area contributed by atoms with Gasteiger partial charge < -0.3 is 4.74 Å². The summed E-state index contributed by atoms with van der Waals surface area (Å²) in [7, 11) is 0. The second-order valence-corrected chi connectivity index (χ2v) is 4.63. The third-order valence-corrected chi connectivity index (χ3v) is 3.32. The van der Waals surface area contributed by atoms with E-state index in [2.05, 4.69) is 49.1 Å². The molecule has 1 aromatic rings. The van der Waals surface area contributed by atoms with Crippen molar-refractivity contribution in [1.29, 1.82) is 0 Å². The van der Waals surface area contributed by atoms with Crippen LogP contribution in [0.25, 0.3) is 0 Å². The van der Waals surface area contributed by atoms with Crippen molar-refractivity contribution < 1.29 is 4.74 Å². The standard InChI is InChI=1S/C14H21NO/c1-3-14-10-15(12(2)11-16-14)9-13-7-5-4-6-8-13/h4-8,12,14H,3,9-11H2,1-2H3/t12-,14+/m1/s1. The van der Waals surface area contributed by atoms with E-state index < -0.39 is 0 Å². The first-order valence-corrected chi connectivity index (χ1v) is 6.19. The third-order valence-electron chi connectivity index (χ3n) is 3.32. The van der Waals surface area contributed by atoms with Crippen LogP contribution in [0.15, 0.2) is 30.3 Å². The Morgan fingerprint density at radius 3 is 2.75 bits per heavy atom. The fourth-order valence-electron chi connectivity index (χ4n) is 2.16. The number of rotatable bonds is 3. The number of benzene rings is 1. The number of ether oxygens (including phenoxy) is 1. The molecule has 2 atom stereocenters. The molecule has 2 nitrogen and oxygen atoms in total. The minimum Gasteiger partial charge on any atom is -0.375 e. The molecule has 16 heavy (non-hydrogen) atoms. The summed E-state index contributed by atoms with van der Waals surface area (Å²) in [6.07, 6.45) is 1.53. The van der Waals surface area contributed by atoms with Crippen LogP contribution in [0.1, 0.15) is 25.8 Å². The third kappa shape index (κ3) is 2.83. The van der Waals surface area contributed by atoms with E-state index in [1.165, 1.54) is 5.56 Å². The first kappa shape index (κ1) is 11.6. The smallest absolute Gasteiger partial charge is 0.0700 e. The Morgan fingerprint density at radius 1 is 1.31 bits per heavy atom. The van der Waals surface area contributed by atoms with Crippen LogP contribution in [0.3, 0.4) is 0 Å². The molecule has 1 fully saturated rings. The lowest BCUT2D eigenvalue weighted by Gasteiger charge is -2.37. The summed E-state index contributed by atoms with van der Waals surface area (Å²) in [4.78, 5) is 2.52. The molecule has 0 saturated carbocycles. The van der Waals surface area contributed by atoms with Gasteiger partial charge in [-0.15, -0.1) is 0 Å². The van der Waals surface area contributed by atoms with Crippen molar-refractivity contribution >= 4 is 0 Å². The van der Waals surface area contributed by atoms with Gasteiger partial charge in [-0.3, -0.25) is 4.90 Å². The van der Waals surface area contributed by atoms with Gasteiger partial charge in [0.25, 0.3) is 0 Å². The van der Waals surface area contributed by atoms with E-state index in [0.717, 1.165) is 26.1 Å². The molecule has 0 radical (unpaired) electrons. The Kier molecular flexibility index (Phi) is 3.97. The molecule has 1 aliphatic rings. The summed E-state index contributed by atoms with van der Waals surface area (Å²) in [6.45, 7) is 7.41. The monoisotopic (exact) mass is 219 g/mol. The van der Waals surface area contributed by atoms with E-state index in [4.69, 9.17) is 4.74 Å². The number of hydrogen-bond acceptors (Lipinski definition) is 2. The van der Waals surface area contributed by atoms with Crippen LogP contribution in [0, 0.1) is 0 Å². The van der Waals surface area contributed by atoms with Crippen LogP contribution in [0.5, 0.6) is 0 Å². The second-order valence-electron chi connectivity index (χ2n) is 4.63. The lowest BCUT2D eigenvalue weighted by molar-refractivity contribution is -0.0623. The molecule has 2 rings (SSSR count). The molecule has 0 amide bonds. The molecule has 1 saturated heterocycles. The van der Waals surface area contributed by atoms with Crippen molar-refractivity contribution in [2.75, 3.05) is 13.2 Å². The number of morpholine rings is 1. The van der Waals surface area contributed by atoms with Gasteiger partial charge in [-0.1, -0.05) is 37.3 Å². The zero-order chi connectivity index (χ0) is 11.4. The normalized spacial score (nSPS) is 26.9. The van der Waals surface area contributed by atoms with Gasteiger partial charge in [0.1, 0.15) is 0 Å². The lowest BCUT2D eigenvalue weighted by atomic mass is 10.1. The van der Waals surface area contributed by atoms with Crippen LogP contribution < -0.4 is 0 Å². The Labute approximate surface area is 98.2 Å². The Hall–Kier alpha value is -0.860. The van der Waals surface area contributed by atoms with Crippen LogP contribution in [0.4, 0.5) is 0 Å². The minimum atomic E-state index is 0.417. The van der Waals surface area contributed by atoms with Gasteiger partial charge in [-0.25, -0.2) is 0 Å². The number of nitrogens with zero attached hydrogens (tertiary/aromatic N) is 1. The summed E-state index contributed by atoms with van der Waals surface area (Å²) < 4.78 is 5.77. The van der Waals surface area contributed by atoms with E-state index in [0.29, 0.717) is 12.1 Å². The summed E-state index contributed by atoms with van der Waals surface area (Å²) in [5.41, 5.74) is 1.39. The van der Waals surface area contributed by atoms with Crippen LogP contribution in [-0.2, 0) is 11.3 Å². The van der Waals surface area contributed by atoms with Crippen molar-refractivity contribution in [3.63, 3.8) is 0 Å². The summed E-state index contributed by atoms with van der Waals surface area (Å²) in [6, 6.07) is 11.2. The molecule has 0 aromatic heterocycles. The maximum absolute atomic E-state index is 5.77. The van der Waals surface area contributed by atoms with E-state index in [1.54, 1.807) is 0 Å². The molecule has 1 aliphatic heterocycles. The molecule has 0 aliphatic carbocycles. The van der Waals surface area contributed by atoms with Gasteiger partial charge in [0.05, 0.1) is 12.7 Å². The Morgan fingerprint density at radius 2 is 2.06 bits per heavy atom. The Balaban J connectivity index is 1.97. The molecule has 0 N–H and O–H groups in total. The molecule has 1 heterocycles. The van der Waals surface area contributed by atoms with Crippen molar-refractivity contribution in [1.82, 2.24) is 4.90 Å². The molecular formula is C14H21NO. The molecule has 2 heteroatoms. The average molecular weight is 219 g/mol. The van der Waals surface area contributed by atoms with Crippen LogP contribution in [-0.4, -0.2) is 30.2 Å². The molecule has 88 valence electrons. The first-order chi connectivity index (χ1) is 7.79. The molecule has 0 spiro atoms. The molecule has 0 unspecified atom stereocenters. The highest BCUT2D eigenvalue weighted by molar-refractivity contribution is 5.14. The molecule has 1 aromatic carbocycles. The minimum absolute atomic E-state index is 0.417. The lowest BCUT2D eigenvalue weighted by Crippen LogP contribution is -2.47. The van der Waals surface area contributed by atoms with Crippen molar-refractivity contribution in [3.8, 4) is 0 Å². The maximum Gasteiger partial charge on any atom is 0.0700 e. The predicted molar refractivity (Wildman–Crippen MR) is 66.3 cm³/mol. The largest absolute Gasteiger partial charge is 0.375 e. The van der Waals surface area contributed by atoms with Crippen LogP contribution >= 0.6 is 0 Å². The van der Waals surface area contributed by atoms with Gasteiger partial charge in [0.2, 0.25) is 0 Å². The van der Waals surface area contributed by atoms with E-state index in [-0.39, 0.29) is 0 Å². The molecular weight excluding hydrogens is 198 g/mol. The second kappa shape index (κ2) is 5.46. The topological polar surface area (TPSA) is 12.5 Å². The fraction of sp³-hybridized carbons (Fsp3) is 0.571. The quantitative estimate of drug-likeness (QED) is 0.775. The van der Waals surface area contributed by atoms with E-state index in [9.17, 15) is 0 Å². The van der Waals surface area contributed by atoms with Crippen LogP contribution in [0.2, 0.25) is 0 Å². The van der Waals surface area contributed by atoms with E-state index in [1.807, 2.05) is 0 Å². The van der Waals surface area contributed by atoms with E-state index >= 15 is 0 Å². The van der Waals surface area contributed by atoms with Gasteiger partial charge in [-0.2, -0.15) is 0 Å². The maximum atomic E-state index is 5.77. The Bertz CT molecular complexity index is 312. The summed E-state index contributed by atoms with van der Waals surface area (Å²) in [5, 5.41) is 0. The van der Waals surface area contributed by atoms with Gasteiger partial charge in [0, 0.05) is 19.1 Å². The highest BCUT2D eigenvalue weighted by Gasteiger charge is 2.24. The zero-order valence-electron chi connectivity index (χ0n) is 10.2. The van der Waals surface area contributed by atoms with Gasteiger partial charge >= 0.3 is 0 Å². The first-order valence-electron chi connectivity index (χ1n) is 6.19. The average Bonchev–Trinajstić information content (AvgIpc) is 2.33. The van der Waals surface area contributed by atoms with Gasteiger partial charge in [-0.05, 0) is 18.9 Å². The molecule has 0 bridgehead atoms. The summed E-state index contributed by atoms with van der Waals surface area (Å²) in [5.74, 6) is 0. The van der Waals surface area contributed by atoms with Gasteiger partial charge in [0.15, 0.2) is 0 Å². The highest BCUT2D eigenvalue weighted by atomic mass is 16.5. The summed E-state index contributed by atoms with van der Waals surface area (Å²) >= 11 is 0. The number of hydrogen-bond donors (Lipinski definition) is 0. The SMILES string of the molecule is CC[C@H]1CN(Cc2ccccc2)[C@H](C)CO1. The highest BCUT2D eigenvalue weighted by Crippen LogP contribution is 2.16. The van der Waals surface area contributed by atoms with Crippen molar-refractivity contribution in [3.05, 3.63) is 35.9 Å².